The van der Waals surface area contributed by atoms with E-state index >= 15 is 0 Å². The molecule has 2 aromatic carbocycles. The van der Waals surface area contributed by atoms with Gasteiger partial charge in [0.05, 0.1) is 11.7 Å². The molecule has 0 amide bonds. The first-order chi connectivity index (χ1) is 15.7. The zero-order valence-electron chi connectivity index (χ0n) is 18.3. The number of benzene rings is 2. The fraction of sp³-hybridized carbons (Fsp3) is 0.500. The van der Waals surface area contributed by atoms with Gasteiger partial charge in [-0.1, -0.05) is 0 Å². The number of β-amino-alcohol motifs (C(OH)–C–C–N with tert-alkyl or cyclic N) is 2. The first-order valence-corrected chi connectivity index (χ1v) is 11.1. The standard InChI is InChI=1S/C24H29F3N2O4/c25-17-1-4-19(5-2-17)29-11-8-23(31,9-12-29)14-28-10-7-22(30)24(32,15-28)16-33-21-13-18(26)3-6-20(21)27/h1-6,13,22,30-32H,7-12,14-16H2/t22-,24-/m0/s1. The fourth-order valence-electron chi connectivity index (χ4n) is 4.62. The van der Waals surface area contributed by atoms with Crippen LogP contribution in [-0.2, 0) is 0 Å². The summed E-state index contributed by atoms with van der Waals surface area (Å²) in [6.07, 6.45) is 0.142. The van der Waals surface area contributed by atoms with E-state index in [1.807, 2.05) is 4.90 Å². The smallest absolute Gasteiger partial charge is 0.165 e. The minimum Gasteiger partial charge on any atom is -0.487 e. The van der Waals surface area contributed by atoms with Gasteiger partial charge >= 0.3 is 0 Å². The van der Waals surface area contributed by atoms with E-state index < -0.39 is 35.5 Å². The van der Waals surface area contributed by atoms with E-state index in [1.165, 1.54) is 12.1 Å². The lowest BCUT2D eigenvalue weighted by molar-refractivity contribution is -0.149. The van der Waals surface area contributed by atoms with Crippen LogP contribution in [0.3, 0.4) is 0 Å². The van der Waals surface area contributed by atoms with Crippen molar-refractivity contribution in [2.24, 2.45) is 0 Å². The van der Waals surface area contributed by atoms with Gasteiger partial charge in [-0.05, 0) is 55.7 Å². The number of ether oxygens (including phenoxy) is 1. The van der Waals surface area contributed by atoms with Crippen LogP contribution in [0.1, 0.15) is 19.3 Å². The molecule has 0 bridgehead atoms. The second-order valence-electron chi connectivity index (χ2n) is 9.17. The monoisotopic (exact) mass is 466 g/mol. The first-order valence-electron chi connectivity index (χ1n) is 11.1. The van der Waals surface area contributed by atoms with Gasteiger partial charge in [-0.2, -0.15) is 0 Å². The number of halogens is 3. The highest BCUT2D eigenvalue weighted by Crippen LogP contribution is 2.30. The van der Waals surface area contributed by atoms with Crippen LogP contribution in [-0.4, -0.2) is 76.9 Å². The lowest BCUT2D eigenvalue weighted by Gasteiger charge is -2.46. The molecule has 6 nitrogen and oxygen atoms in total. The summed E-state index contributed by atoms with van der Waals surface area (Å²) in [5, 5.41) is 32.5. The SMILES string of the molecule is O[C@H]1CCN(CC2(O)CCN(c3ccc(F)cc3)CC2)C[C@]1(O)COc1cc(F)ccc1F. The Bertz CT molecular complexity index is 953. The average molecular weight is 467 g/mol. The third kappa shape index (κ3) is 5.60. The Kier molecular flexibility index (Phi) is 6.86. The third-order valence-electron chi connectivity index (χ3n) is 6.61. The van der Waals surface area contributed by atoms with Crippen LogP contribution in [0.15, 0.2) is 42.5 Å². The minimum absolute atomic E-state index is 0.0229. The summed E-state index contributed by atoms with van der Waals surface area (Å²) >= 11 is 0. The third-order valence-corrected chi connectivity index (χ3v) is 6.61. The Morgan fingerprint density at radius 3 is 2.30 bits per heavy atom. The molecule has 0 radical (unpaired) electrons. The highest BCUT2D eigenvalue weighted by atomic mass is 19.1. The largest absolute Gasteiger partial charge is 0.487 e. The predicted octanol–water partition coefficient (Wildman–Crippen LogP) is 2.31. The van der Waals surface area contributed by atoms with Crippen molar-refractivity contribution in [1.29, 1.82) is 0 Å². The molecule has 2 saturated heterocycles. The molecule has 9 heteroatoms. The number of nitrogens with zero attached hydrogens (tertiary/aromatic N) is 2. The van der Waals surface area contributed by atoms with Crippen molar-refractivity contribution in [2.75, 3.05) is 44.2 Å². The van der Waals surface area contributed by atoms with E-state index in [4.69, 9.17) is 4.74 Å². The Morgan fingerprint density at radius 1 is 0.939 bits per heavy atom. The number of anilines is 1. The summed E-state index contributed by atoms with van der Waals surface area (Å²) in [6, 6.07) is 9.05. The molecule has 2 aliphatic heterocycles. The molecule has 0 aliphatic carbocycles. The molecular formula is C24H29F3N2O4. The van der Waals surface area contributed by atoms with Crippen molar-refractivity contribution in [1.82, 2.24) is 4.90 Å². The topological polar surface area (TPSA) is 76.4 Å². The number of piperidine rings is 2. The van der Waals surface area contributed by atoms with Crippen LogP contribution in [0, 0.1) is 17.5 Å². The van der Waals surface area contributed by atoms with Crippen molar-refractivity contribution in [2.45, 2.75) is 36.6 Å². The number of hydrogen-bond acceptors (Lipinski definition) is 6. The molecule has 180 valence electrons. The van der Waals surface area contributed by atoms with Crippen molar-refractivity contribution in [3.05, 3.63) is 59.9 Å². The van der Waals surface area contributed by atoms with Crippen molar-refractivity contribution >= 4 is 5.69 Å². The molecule has 0 saturated carbocycles. The quantitative estimate of drug-likeness (QED) is 0.607. The summed E-state index contributed by atoms with van der Waals surface area (Å²) < 4.78 is 45.7. The van der Waals surface area contributed by atoms with E-state index in [0.717, 1.165) is 23.9 Å². The lowest BCUT2D eigenvalue weighted by atomic mass is 9.86. The van der Waals surface area contributed by atoms with E-state index in [0.29, 0.717) is 39.0 Å². The maximum absolute atomic E-state index is 13.9. The van der Waals surface area contributed by atoms with Gasteiger partial charge in [-0.15, -0.1) is 0 Å². The molecule has 2 atom stereocenters. The van der Waals surface area contributed by atoms with Crippen molar-refractivity contribution in [3.8, 4) is 5.75 Å². The molecule has 2 heterocycles. The summed E-state index contributed by atoms with van der Waals surface area (Å²) in [7, 11) is 0. The maximum Gasteiger partial charge on any atom is 0.165 e. The number of hydrogen-bond donors (Lipinski definition) is 3. The Morgan fingerprint density at radius 2 is 1.61 bits per heavy atom. The summed E-state index contributed by atoms with van der Waals surface area (Å²) in [5.41, 5.74) is -1.77. The van der Waals surface area contributed by atoms with E-state index in [-0.39, 0.29) is 24.5 Å². The fourth-order valence-corrected chi connectivity index (χ4v) is 4.62. The zero-order chi connectivity index (χ0) is 23.6. The van der Waals surface area contributed by atoms with Crippen LogP contribution in [0.4, 0.5) is 18.9 Å². The van der Waals surface area contributed by atoms with Crippen molar-refractivity contribution < 1.29 is 33.2 Å². The molecule has 0 aromatic heterocycles. The number of rotatable bonds is 6. The van der Waals surface area contributed by atoms with Crippen LogP contribution < -0.4 is 9.64 Å². The van der Waals surface area contributed by atoms with Crippen LogP contribution in [0.2, 0.25) is 0 Å². The van der Waals surface area contributed by atoms with Crippen LogP contribution >= 0.6 is 0 Å². The molecule has 2 aliphatic rings. The Balaban J connectivity index is 1.34. The second kappa shape index (κ2) is 9.50. The number of likely N-dealkylation sites (tertiary alicyclic amines) is 1. The van der Waals surface area contributed by atoms with Gasteiger partial charge in [0.25, 0.3) is 0 Å². The summed E-state index contributed by atoms with van der Waals surface area (Å²) in [6.45, 7) is 1.59. The highest BCUT2D eigenvalue weighted by molar-refractivity contribution is 5.46. The van der Waals surface area contributed by atoms with E-state index in [9.17, 15) is 28.5 Å². The zero-order valence-corrected chi connectivity index (χ0v) is 18.3. The van der Waals surface area contributed by atoms with Gasteiger partial charge in [0.2, 0.25) is 0 Å². The van der Waals surface area contributed by atoms with Crippen LogP contribution in [0.5, 0.6) is 5.75 Å². The lowest BCUT2D eigenvalue weighted by Crippen LogP contribution is -2.62. The molecule has 4 rings (SSSR count). The van der Waals surface area contributed by atoms with Gasteiger partial charge in [0.1, 0.15) is 23.8 Å². The first kappa shape index (κ1) is 23.8. The molecule has 2 fully saturated rings. The average Bonchev–Trinajstić information content (AvgIpc) is 2.78. The van der Waals surface area contributed by atoms with Crippen LogP contribution in [0.25, 0.3) is 0 Å². The maximum atomic E-state index is 13.9. The number of aliphatic hydroxyl groups excluding tert-OH is 1. The molecule has 0 spiro atoms. The van der Waals surface area contributed by atoms with Gasteiger partial charge in [0, 0.05) is 44.5 Å². The van der Waals surface area contributed by atoms with Crippen molar-refractivity contribution in [3.63, 3.8) is 0 Å². The van der Waals surface area contributed by atoms with E-state index in [1.54, 1.807) is 12.1 Å². The normalized spacial score (nSPS) is 25.8. The van der Waals surface area contributed by atoms with E-state index in [2.05, 4.69) is 4.90 Å². The summed E-state index contributed by atoms with van der Waals surface area (Å²) in [4.78, 5) is 3.96. The second-order valence-corrected chi connectivity index (χ2v) is 9.17. The minimum atomic E-state index is -1.69. The molecular weight excluding hydrogens is 437 g/mol. The van der Waals surface area contributed by atoms with Gasteiger partial charge in [0.15, 0.2) is 11.6 Å². The van der Waals surface area contributed by atoms with Gasteiger partial charge < -0.3 is 25.0 Å². The Hall–Kier alpha value is -2.33. The van der Waals surface area contributed by atoms with Gasteiger partial charge in [-0.25, -0.2) is 13.2 Å². The highest BCUT2D eigenvalue weighted by Gasteiger charge is 2.44. The summed E-state index contributed by atoms with van der Waals surface area (Å²) in [5.74, 6) is -2.06. The number of aliphatic hydroxyl groups is 3. The molecule has 3 N–H and O–H groups in total. The molecule has 2 aromatic rings. The molecule has 33 heavy (non-hydrogen) atoms. The Labute approximate surface area is 190 Å². The van der Waals surface area contributed by atoms with Gasteiger partial charge in [-0.3, -0.25) is 4.90 Å². The molecule has 0 unspecified atom stereocenters. The predicted molar refractivity (Wildman–Crippen MR) is 117 cm³/mol.